The van der Waals surface area contributed by atoms with Gasteiger partial charge in [0.15, 0.2) is 11.5 Å². The molecule has 0 spiro atoms. The SMILES string of the molecule is CC/C=C\C/C=C\C/C=C\C/C=C\C/C=C\C/C=C\CCC(=O)NC(CSSC(C)(C)C(NC(=O)C1(c2ccc3c(c2)OC(F)(F)O3)CC1)C(=O)NCC(O)CO)C(=O)O. The molecule has 1 saturated carbocycles. The van der Waals surface area contributed by atoms with Gasteiger partial charge >= 0.3 is 12.3 Å². The molecule has 1 aliphatic carbocycles. The van der Waals surface area contributed by atoms with Gasteiger partial charge in [0.25, 0.3) is 0 Å². The van der Waals surface area contributed by atoms with Crippen LogP contribution in [0.25, 0.3) is 0 Å². The number of carboxylic acid groups (broad SMARTS) is 1. The van der Waals surface area contributed by atoms with Crippen LogP contribution in [0.4, 0.5) is 8.78 Å². The van der Waals surface area contributed by atoms with Crippen LogP contribution in [0, 0.1) is 0 Å². The van der Waals surface area contributed by atoms with Gasteiger partial charge in [0.05, 0.1) is 18.1 Å². The number of carboxylic acids is 1. The highest BCUT2D eigenvalue weighted by atomic mass is 33.1. The van der Waals surface area contributed by atoms with E-state index in [9.17, 15) is 43.3 Å². The maximum absolute atomic E-state index is 13.8. The van der Waals surface area contributed by atoms with Crippen molar-refractivity contribution >= 4 is 45.3 Å². The molecule has 0 saturated heterocycles. The van der Waals surface area contributed by atoms with Crippen LogP contribution >= 0.6 is 21.6 Å². The number of hydrogen-bond donors (Lipinski definition) is 6. The zero-order valence-corrected chi connectivity index (χ0v) is 36.1. The van der Waals surface area contributed by atoms with Crippen LogP contribution in [0.3, 0.4) is 0 Å². The second-order valence-corrected chi connectivity index (χ2v) is 17.8. The summed E-state index contributed by atoms with van der Waals surface area (Å²) in [6, 6.07) is 1.63. The van der Waals surface area contributed by atoms with E-state index in [1.54, 1.807) is 13.8 Å². The molecule has 0 radical (unpaired) electrons. The van der Waals surface area contributed by atoms with E-state index in [1.165, 1.54) is 18.2 Å². The lowest BCUT2D eigenvalue weighted by Crippen LogP contribution is -2.58. The van der Waals surface area contributed by atoms with Crippen molar-refractivity contribution < 1.29 is 52.8 Å². The number of fused-ring (bicyclic) bond motifs is 1. The molecule has 1 aromatic carbocycles. The van der Waals surface area contributed by atoms with Crippen molar-refractivity contribution in [1.82, 2.24) is 16.0 Å². The molecule has 16 heteroatoms. The van der Waals surface area contributed by atoms with Crippen molar-refractivity contribution in [3.05, 3.63) is 96.7 Å². The van der Waals surface area contributed by atoms with Crippen molar-refractivity contribution in [3.8, 4) is 11.5 Å². The Labute approximate surface area is 359 Å². The fourth-order valence-electron chi connectivity index (χ4n) is 5.83. The first-order chi connectivity index (χ1) is 28.6. The maximum Gasteiger partial charge on any atom is 0.586 e. The molecule has 0 bridgehead atoms. The van der Waals surface area contributed by atoms with Crippen molar-refractivity contribution in [2.45, 2.75) is 120 Å². The lowest BCUT2D eigenvalue weighted by Gasteiger charge is -2.34. The molecule has 3 amide bonds. The maximum atomic E-state index is 13.8. The number of carbonyl (C=O) groups excluding carboxylic acids is 3. The number of amides is 3. The van der Waals surface area contributed by atoms with Crippen molar-refractivity contribution in [2.75, 3.05) is 18.9 Å². The summed E-state index contributed by atoms with van der Waals surface area (Å²) in [6.07, 6.45) is 26.7. The number of ether oxygens (including phenoxy) is 2. The number of allylic oxidation sites excluding steroid dienone is 12. The Hall–Kier alpha value is -4.38. The van der Waals surface area contributed by atoms with Crippen LogP contribution in [-0.4, -0.2) is 87.1 Å². The molecular formula is C44H59F2N3O9S2. The van der Waals surface area contributed by atoms with Gasteiger partial charge in [0.2, 0.25) is 17.7 Å². The Bertz CT molecular complexity index is 1760. The predicted octanol–water partition coefficient (Wildman–Crippen LogP) is 7.20. The third-order valence-corrected chi connectivity index (χ3v) is 12.7. The topological polar surface area (TPSA) is 184 Å². The van der Waals surface area contributed by atoms with Crippen molar-refractivity contribution in [2.24, 2.45) is 0 Å². The molecule has 3 rings (SSSR count). The Kier molecular flexibility index (Phi) is 21.2. The minimum atomic E-state index is -3.83. The third kappa shape index (κ3) is 17.3. The number of carbonyl (C=O) groups is 4. The Balaban J connectivity index is 1.45. The normalized spacial score (nSPS) is 17.2. The molecule has 6 N–H and O–H groups in total. The van der Waals surface area contributed by atoms with Gasteiger partial charge in [0, 0.05) is 23.5 Å². The molecule has 60 heavy (non-hydrogen) atoms. The summed E-state index contributed by atoms with van der Waals surface area (Å²) < 4.78 is 35.3. The van der Waals surface area contributed by atoms with Crippen LogP contribution in [-0.2, 0) is 24.6 Å². The number of hydrogen-bond acceptors (Lipinski definition) is 10. The Morgan fingerprint density at radius 1 is 0.850 bits per heavy atom. The minimum Gasteiger partial charge on any atom is -0.480 e. The largest absolute Gasteiger partial charge is 0.586 e. The van der Waals surface area contributed by atoms with E-state index in [2.05, 4.69) is 87.0 Å². The number of benzene rings is 1. The number of nitrogens with one attached hydrogen (secondary N) is 3. The molecule has 1 aromatic rings. The summed E-state index contributed by atoms with van der Waals surface area (Å²) in [5, 5.41) is 36.8. The van der Waals surface area contributed by atoms with Gasteiger partial charge in [-0.1, -0.05) is 107 Å². The van der Waals surface area contributed by atoms with E-state index < -0.39 is 64.9 Å². The van der Waals surface area contributed by atoms with Gasteiger partial charge in [0.1, 0.15) is 12.1 Å². The summed E-state index contributed by atoms with van der Waals surface area (Å²) in [5.41, 5.74) is -0.729. The smallest absolute Gasteiger partial charge is 0.480 e. The van der Waals surface area contributed by atoms with Crippen molar-refractivity contribution in [1.29, 1.82) is 0 Å². The van der Waals surface area contributed by atoms with Gasteiger partial charge in [-0.3, -0.25) is 14.4 Å². The highest BCUT2D eigenvalue weighted by molar-refractivity contribution is 8.77. The Morgan fingerprint density at radius 3 is 1.93 bits per heavy atom. The molecule has 3 unspecified atom stereocenters. The predicted molar refractivity (Wildman–Crippen MR) is 233 cm³/mol. The van der Waals surface area contributed by atoms with E-state index in [1.807, 2.05) is 18.2 Å². The average molecular weight is 876 g/mol. The number of aliphatic hydroxyl groups is 2. The number of aliphatic hydroxyl groups excluding tert-OH is 2. The second kappa shape index (κ2) is 25.4. The van der Waals surface area contributed by atoms with E-state index in [-0.39, 0.29) is 30.2 Å². The number of rotatable bonds is 28. The highest BCUT2D eigenvalue weighted by Crippen LogP contribution is 2.52. The molecule has 0 aromatic heterocycles. The van der Waals surface area contributed by atoms with Crippen LogP contribution < -0.4 is 25.4 Å². The summed E-state index contributed by atoms with van der Waals surface area (Å²) in [5.74, 6) is -3.34. The van der Waals surface area contributed by atoms with E-state index in [0.717, 1.165) is 53.7 Å². The summed E-state index contributed by atoms with van der Waals surface area (Å²) in [7, 11) is 2.21. The average Bonchev–Trinajstić information content (AvgIpc) is 3.95. The quantitative estimate of drug-likeness (QED) is 0.0370. The zero-order valence-electron chi connectivity index (χ0n) is 34.4. The summed E-state index contributed by atoms with van der Waals surface area (Å²) >= 11 is 0. The van der Waals surface area contributed by atoms with Crippen LogP contribution in [0.5, 0.6) is 11.5 Å². The van der Waals surface area contributed by atoms with Gasteiger partial charge in [-0.2, -0.15) is 0 Å². The molecule has 3 atom stereocenters. The van der Waals surface area contributed by atoms with E-state index in [4.69, 9.17) is 0 Å². The van der Waals surface area contributed by atoms with Gasteiger partial charge in [-0.15, -0.1) is 8.78 Å². The zero-order chi connectivity index (χ0) is 44.0. The molecule has 12 nitrogen and oxygen atoms in total. The summed E-state index contributed by atoms with van der Waals surface area (Å²) in [4.78, 5) is 52.0. The van der Waals surface area contributed by atoms with E-state index in [0.29, 0.717) is 31.2 Å². The number of halogens is 2. The minimum absolute atomic E-state index is 0.0631. The second-order valence-electron chi connectivity index (χ2n) is 14.8. The Morgan fingerprint density at radius 2 is 1.40 bits per heavy atom. The first kappa shape index (κ1) is 50.0. The van der Waals surface area contributed by atoms with Crippen LogP contribution in [0.15, 0.2) is 91.1 Å². The molecule has 1 heterocycles. The molecular weight excluding hydrogens is 817 g/mol. The monoisotopic (exact) mass is 875 g/mol. The lowest BCUT2D eigenvalue weighted by molar-refractivity contribution is -0.286. The molecule has 2 aliphatic rings. The van der Waals surface area contributed by atoms with Gasteiger partial charge in [-0.05, 0) is 89.3 Å². The molecule has 330 valence electrons. The first-order valence-corrected chi connectivity index (χ1v) is 22.5. The standard InChI is InChI=1S/C44H59F2N3O9S2/c1-4-5-6-7-8-9-10-11-12-13-14-15-16-17-18-19-20-21-22-23-37(52)48-34(40(54)55)31-59-60-42(2,3)38(39(53)47-29-33(51)30-50)49-41(56)43(26-27-43)32-24-25-35-36(28-32)58-44(45,46)57-35/h5-6,8-9,11-12,14-15,17-18,20-21,24-25,28,33-34,38,50-51H,4,7,10,13,16,19,22-23,26-27,29-31H2,1-3H3,(H,47,53)(H,48,52)(H,49,56)(H,54,55)/b6-5-,9-8-,12-11-,15-14-,18-17-,21-20-. The van der Waals surface area contributed by atoms with E-state index >= 15 is 0 Å². The summed E-state index contributed by atoms with van der Waals surface area (Å²) in [6.45, 7) is 4.54. The van der Waals surface area contributed by atoms with Gasteiger partial charge in [-0.25, -0.2) is 4.79 Å². The molecule has 1 fully saturated rings. The number of alkyl halides is 2. The lowest BCUT2D eigenvalue weighted by atomic mass is 9.93. The fraction of sp³-hybridized carbons (Fsp3) is 0.500. The van der Waals surface area contributed by atoms with Crippen LogP contribution in [0.2, 0.25) is 0 Å². The molecule has 1 aliphatic heterocycles. The third-order valence-electron chi connectivity index (χ3n) is 9.37. The first-order valence-electron chi connectivity index (χ1n) is 20.1. The highest BCUT2D eigenvalue weighted by Gasteiger charge is 2.54. The number of aliphatic carboxylic acids is 1. The van der Waals surface area contributed by atoms with Crippen molar-refractivity contribution in [3.63, 3.8) is 0 Å². The van der Waals surface area contributed by atoms with Crippen LogP contribution in [0.1, 0.15) is 90.5 Å². The fourth-order valence-corrected chi connectivity index (χ4v) is 8.63. The van der Waals surface area contributed by atoms with Gasteiger partial charge < -0.3 is 40.7 Å².